The Morgan fingerprint density at radius 1 is 1.17 bits per heavy atom. The summed E-state index contributed by atoms with van der Waals surface area (Å²) >= 11 is 6.23. The Bertz CT molecular complexity index is 1090. The number of aromatic nitrogens is 3. The van der Waals surface area contributed by atoms with Crippen LogP contribution < -0.4 is 15.5 Å². The van der Waals surface area contributed by atoms with Crippen LogP contribution in [0.1, 0.15) is 18.5 Å². The first-order chi connectivity index (χ1) is 14.0. The van der Waals surface area contributed by atoms with E-state index in [9.17, 15) is 4.79 Å². The zero-order chi connectivity index (χ0) is 20.5. The monoisotopic (exact) mass is 408 g/mol. The predicted octanol–water partition coefficient (Wildman–Crippen LogP) is 3.93. The molecule has 1 aromatic heterocycles. The minimum atomic E-state index is -0.410. The van der Waals surface area contributed by atoms with E-state index in [0.717, 1.165) is 16.9 Å². The molecule has 1 atom stereocenters. The van der Waals surface area contributed by atoms with E-state index in [4.69, 9.17) is 11.6 Å². The largest absolute Gasteiger partial charge is 0.378 e. The van der Waals surface area contributed by atoms with E-state index in [2.05, 4.69) is 20.7 Å². The van der Waals surface area contributed by atoms with Crippen LogP contribution in [-0.2, 0) is 4.79 Å². The van der Waals surface area contributed by atoms with Gasteiger partial charge in [0.2, 0.25) is 5.95 Å². The van der Waals surface area contributed by atoms with Gasteiger partial charge in [0.05, 0.1) is 16.3 Å². The molecular weight excluding hydrogens is 388 g/mol. The molecule has 0 radical (unpaired) electrons. The molecule has 1 aliphatic heterocycles. The summed E-state index contributed by atoms with van der Waals surface area (Å²) in [5.74, 6) is 0.351. The second kappa shape index (κ2) is 7.60. The molecular formula is C21H21ClN6O. The summed E-state index contributed by atoms with van der Waals surface area (Å²) in [5.41, 5.74) is 3.85. The lowest BCUT2D eigenvalue weighted by Gasteiger charge is -2.29. The number of hydrogen-bond donors (Lipinski definition) is 2. The zero-order valence-electron chi connectivity index (χ0n) is 16.3. The molecule has 148 valence electrons. The summed E-state index contributed by atoms with van der Waals surface area (Å²) in [4.78, 5) is 19.6. The summed E-state index contributed by atoms with van der Waals surface area (Å²) in [7, 11) is 3.98. The number of hydrogen-bond acceptors (Lipinski definition) is 5. The molecule has 2 N–H and O–H groups in total. The van der Waals surface area contributed by atoms with Crippen molar-refractivity contribution in [1.29, 1.82) is 0 Å². The first-order valence-corrected chi connectivity index (χ1v) is 9.54. The minimum Gasteiger partial charge on any atom is -0.378 e. The Kier molecular flexibility index (Phi) is 4.98. The molecule has 7 nitrogen and oxygen atoms in total. The maximum atomic E-state index is 13.3. The Balaban J connectivity index is 1.75. The summed E-state index contributed by atoms with van der Waals surface area (Å²) in [6, 6.07) is 14.8. The lowest BCUT2D eigenvalue weighted by Crippen LogP contribution is -2.31. The Labute approximate surface area is 174 Å². The molecule has 4 rings (SSSR count). The van der Waals surface area contributed by atoms with Crippen molar-refractivity contribution in [2.75, 3.05) is 29.6 Å². The van der Waals surface area contributed by atoms with Gasteiger partial charge in [-0.25, -0.2) is 4.68 Å². The normalized spacial score (nSPS) is 15.5. The third-order valence-electron chi connectivity index (χ3n) is 4.89. The molecule has 2 heterocycles. The molecule has 1 unspecified atom stereocenters. The fourth-order valence-corrected chi connectivity index (χ4v) is 3.58. The van der Waals surface area contributed by atoms with Crippen LogP contribution in [-0.4, -0.2) is 34.8 Å². The lowest BCUT2D eigenvalue weighted by atomic mass is 9.94. The molecule has 0 saturated heterocycles. The molecule has 0 spiro atoms. The van der Waals surface area contributed by atoms with Gasteiger partial charge in [-0.2, -0.15) is 10.1 Å². The second-order valence-electron chi connectivity index (χ2n) is 7.01. The van der Waals surface area contributed by atoms with Crippen LogP contribution in [0.2, 0.25) is 5.02 Å². The number of rotatable bonds is 4. The predicted molar refractivity (Wildman–Crippen MR) is 115 cm³/mol. The highest BCUT2D eigenvalue weighted by Gasteiger charge is 2.33. The van der Waals surface area contributed by atoms with Gasteiger partial charge in [-0.1, -0.05) is 35.9 Å². The number of para-hydroxylation sites is 1. The molecule has 0 fully saturated rings. The highest BCUT2D eigenvalue weighted by Crippen LogP contribution is 2.36. The number of benzene rings is 2. The van der Waals surface area contributed by atoms with Crippen LogP contribution in [0.15, 0.2) is 66.1 Å². The molecule has 1 amide bonds. The number of halogens is 1. The van der Waals surface area contributed by atoms with E-state index in [0.29, 0.717) is 22.2 Å². The van der Waals surface area contributed by atoms with Crippen molar-refractivity contribution in [3.8, 4) is 0 Å². The van der Waals surface area contributed by atoms with Gasteiger partial charge in [0.25, 0.3) is 5.91 Å². The number of amides is 1. The Morgan fingerprint density at radius 3 is 2.59 bits per heavy atom. The van der Waals surface area contributed by atoms with Crippen molar-refractivity contribution in [3.63, 3.8) is 0 Å². The summed E-state index contributed by atoms with van der Waals surface area (Å²) in [5, 5.41) is 10.9. The summed E-state index contributed by atoms with van der Waals surface area (Å²) in [6.07, 6.45) is 1.48. The highest BCUT2D eigenvalue weighted by molar-refractivity contribution is 6.33. The highest BCUT2D eigenvalue weighted by atomic mass is 35.5. The van der Waals surface area contributed by atoms with Crippen molar-refractivity contribution in [3.05, 3.63) is 76.7 Å². The molecule has 0 bridgehead atoms. The molecule has 3 aromatic rings. The quantitative estimate of drug-likeness (QED) is 0.684. The third-order valence-corrected chi connectivity index (χ3v) is 5.22. The smallest absolute Gasteiger partial charge is 0.255 e. The van der Waals surface area contributed by atoms with Crippen LogP contribution in [0.3, 0.4) is 0 Å². The zero-order valence-corrected chi connectivity index (χ0v) is 17.1. The van der Waals surface area contributed by atoms with Crippen LogP contribution in [0.4, 0.5) is 17.3 Å². The average molecular weight is 409 g/mol. The van der Waals surface area contributed by atoms with Gasteiger partial charge < -0.3 is 15.5 Å². The van der Waals surface area contributed by atoms with E-state index in [-0.39, 0.29) is 5.91 Å². The second-order valence-corrected chi connectivity index (χ2v) is 7.42. The topological polar surface area (TPSA) is 75.1 Å². The third kappa shape index (κ3) is 3.56. The molecule has 2 aromatic carbocycles. The van der Waals surface area contributed by atoms with E-state index in [1.54, 1.807) is 16.8 Å². The molecule has 0 aliphatic carbocycles. The van der Waals surface area contributed by atoms with Crippen LogP contribution in [0, 0.1) is 0 Å². The van der Waals surface area contributed by atoms with Gasteiger partial charge in [0.15, 0.2) is 0 Å². The minimum absolute atomic E-state index is 0.245. The molecule has 0 saturated carbocycles. The number of fused-ring (bicyclic) bond motifs is 1. The SMILES string of the molecule is CC1=C(C(=O)Nc2ccccc2Cl)C(c2ccc(N(C)C)cc2)n2ncnc2N1. The summed E-state index contributed by atoms with van der Waals surface area (Å²) < 4.78 is 1.72. The van der Waals surface area contributed by atoms with Crippen molar-refractivity contribution in [2.45, 2.75) is 13.0 Å². The van der Waals surface area contributed by atoms with E-state index < -0.39 is 6.04 Å². The number of carbonyl (C=O) groups excluding carboxylic acids is 1. The fourth-order valence-electron chi connectivity index (χ4n) is 3.40. The summed E-state index contributed by atoms with van der Waals surface area (Å²) in [6.45, 7) is 1.86. The number of allylic oxidation sites excluding steroid dienone is 1. The van der Waals surface area contributed by atoms with Crippen LogP contribution >= 0.6 is 11.6 Å². The van der Waals surface area contributed by atoms with Gasteiger partial charge in [-0.05, 0) is 36.8 Å². The van der Waals surface area contributed by atoms with Gasteiger partial charge in [0.1, 0.15) is 12.4 Å². The lowest BCUT2D eigenvalue weighted by molar-refractivity contribution is -0.113. The molecule has 8 heteroatoms. The van der Waals surface area contributed by atoms with Crippen LogP contribution in [0.25, 0.3) is 0 Å². The number of nitrogens with one attached hydrogen (secondary N) is 2. The standard InChI is InChI=1S/C21H21ClN6O/c1-13-18(20(29)26-17-7-5-4-6-16(17)22)19(28-21(25-13)23-12-24-28)14-8-10-15(11-9-14)27(2)3/h4-12,19H,1-3H3,(H,26,29)(H,23,24,25). The molecule has 1 aliphatic rings. The van der Waals surface area contributed by atoms with E-state index >= 15 is 0 Å². The van der Waals surface area contributed by atoms with Crippen LogP contribution in [0.5, 0.6) is 0 Å². The first-order valence-electron chi connectivity index (χ1n) is 9.16. The van der Waals surface area contributed by atoms with Gasteiger partial charge >= 0.3 is 0 Å². The van der Waals surface area contributed by atoms with Gasteiger partial charge in [-0.3, -0.25) is 4.79 Å². The average Bonchev–Trinajstić information content (AvgIpc) is 3.16. The Hall–Kier alpha value is -3.32. The first kappa shape index (κ1) is 19.0. The van der Waals surface area contributed by atoms with E-state index in [1.165, 1.54) is 6.33 Å². The number of anilines is 3. The van der Waals surface area contributed by atoms with Crippen molar-refractivity contribution in [1.82, 2.24) is 14.8 Å². The van der Waals surface area contributed by atoms with Gasteiger partial charge in [0, 0.05) is 25.5 Å². The fraction of sp³-hybridized carbons (Fsp3) is 0.190. The van der Waals surface area contributed by atoms with Crippen molar-refractivity contribution in [2.24, 2.45) is 0 Å². The van der Waals surface area contributed by atoms with Crippen molar-refractivity contribution >= 4 is 34.8 Å². The Morgan fingerprint density at radius 2 is 1.90 bits per heavy atom. The maximum Gasteiger partial charge on any atom is 0.255 e. The van der Waals surface area contributed by atoms with Crippen molar-refractivity contribution < 1.29 is 4.79 Å². The maximum absolute atomic E-state index is 13.3. The number of nitrogens with zero attached hydrogens (tertiary/aromatic N) is 4. The van der Waals surface area contributed by atoms with E-state index in [1.807, 2.05) is 62.3 Å². The van der Waals surface area contributed by atoms with Gasteiger partial charge in [-0.15, -0.1) is 0 Å². The number of carbonyl (C=O) groups is 1. The molecule has 29 heavy (non-hydrogen) atoms.